The van der Waals surface area contributed by atoms with Gasteiger partial charge in [0.15, 0.2) is 46.0 Å². The molecule has 0 spiro atoms. The van der Waals surface area contributed by atoms with Crippen LogP contribution in [0.1, 0.15) is 31.8 Å². The minimum atomic E-state index is -1.03. The first-order valence-electron chi connectivity index (χ1n) is 19.3. The fourth-order valence-corrected chi connectivity index (χ4v) is 7.34. The molecule has 0 saturated heterocycles. The third-order valence-corrected chi connectivity index (χ3v) is 10.4. The van der Waals surface area contributed by atoms with Gasteiger partial charge in [-0.05, 0) is 104 Å². The van der Waals surface area contributed by atoms with Gasteiger partial charge in [0.25, 0.3) is 0 Å². The van der Waals surface area contributed by atoms with Crippen LogP contribution in [0.25, 0.3) is 43.1 Å². The molecule has 0 unspecified atom stereocenters. The first kappa shape index (κ1) is 42.3. The Hall–Kier alpha value is -7.86. The van der Waals surface area contributed by atoms with E-state index in [1.807, 2.05) is 72.8 Å². The Morgan fingerprint density at radius 2 is 0.661 bits per heavy atom. The van der Waals surface area contributed by atoms with Gasteiger partial charge in [-0.15, -0.1) is 0 Å². The first-order chi connectivity index (χ1) is 30.1. The van der Waals surface area contributed by atoms with Gasteiger partial charge in [-0.3, -0.25) is 0 Å². The second-order valence-electron chi connectivity index (χ2n) is 14.0. The van der Waals surface area contributed by atoms with Crippen LogP contribution >= 0.6 is 0 Å². The summed E-state index contributed by atoms with van der Waals surface area (Å²) in [6.45, 7) is 0.760. The number of hydrogen-bond donors (Lipinski definition) is 2. The fourth-order valence-electron chi connectivity index (χ4n) is 7.34. The molecule has 8 aromatic carbocycles. The summed E-state index contributed by atoms with van der Waals surface area (Å²) in [5.74, 6) is 2.10. The molecule has 62 heavy (non-hydrogen) atoms. The van der Waals surface area contributed by atoms with E-state index < -0.39 is 11.9 Å². The van der Waals surface area contributed by atoms with E-state index in [4.69, 9.17) is 37.9 Å². The summed E-state index contributed by atoms with van der Waals surface area (Å²) in [7, 11) is 9.25. The molecule has 0 amide bonds. The first-order valence-corrected chi connectivity index (χ1v) is 19.3. The molecule has 12 nitrogen and oxygen atoms in total. The summed E-state index contributed by atoms with van der Waals surface area (Å²) in [6.07, 6.45) is 0. The normalized spacial score (nSPS) is 10.8. The number of carboxylic acid groups (broad SMARTS) is 2. The minimum absolute atomic E-state index is 0.170. The number of fused-ring (bicyclic) bond motifs is 6. The monoisotopic (exact) mass is 836 g/mol. The Morgan fingerprint density at radius 1 is 0.371 bits per heavy atom. The van der Waals surface area contributed by atoms with Crippen LogP contribution in [0.5, 0.6) is 46.0 Å². The third kappa shape index (κ3) is 8.57. The number of ether oxygens (including phenoxy) is 8. The number of aromatic carboxylic acids is 2. The molecule has 0 heterocycles. The van der Waals surface area contributed by atoms with Crippen LogP contribution in [-0.4, -0.2) is 64.8 Å². The molecule has 0 radical (unpaired) electrons. The molecule has 0 bridgehead atoms. The lowest BCUT2D eigenvalue weighted by Crippen LogP contribution is -2.01. The number of carbonyl (C=O) groups is 2. The molecule has 0 aliphatic heterocycles. The molecule has 0 aliphatic rings. The highest BCUT2D eigenvalue weighted by Crippen LogP contribution is 2.43. The van der Waals surface area contributed by atoms with Gasteiger partial charge in [-0.25, -0.2) is 9.59 Å². The van der Waals surface area contributed by atoms with Gasteiger partial charge >= 0.3 is 11.9 Å². The van der Waals surface area contributed by atoms with Crippen molar-refractivity contribution in [1.82, 2.24) is 0 Å². The van der Waals surface area contributed by atoms with Crippen molar-refractivity contribution in [2.24, 2.45) is 0 Å². The summed E-state index contributed by atoms with van der Waals surface area (Å²) < 4.78 is 44.8. The maximum Gasteiger partial charge on any atom is 0.336 e. The standard InChI is InChI=1S/2C25H22O6/c2*1-28-21-10-16-9-20(25(26)27)19-13-23(30-3)22(29-2)12-18(19)17(16)11-24(21)31-14-15-7-5-4-6-8-15/h2*4-13H,14H2,1-3H3,(H,26,27). The molecular formula is C50H44O12. The number of methoxy groups -OCH3 is 6. The molecule has 8 rings (SSSR count). The largest absolute Gasteiger partial charge is 0.493 e. The molecule has 0 aliphatic carbocycles. The van der Waals surface area contributed by atoms with Gasteiger partial charge in [0.2, 0.25) is 0 Å². The van der Waals surface area contributed by atoms with Crippen molar-refractivity contribution < 1.29 is 57.7 Å². The van der Waals surface area contributed by atoms with Crippen molar-refractivity contribution in [2.75, 3.05) is 42.7 Å². The lowest BCUT2D eigenvalue weighted by atomic mass is 9.96. The van der Waals surface area contributed by atoms with Crippen LogP contribution in [0.3, 0.4) is 0 Å². The maximum atomic E-state index is 12.0. The van der Waals surface area contributed by atoms with Crippen LogP contribution in [0.15, 0.2) is 121 Å². The summed E-state index contributed by atoms with van der Waals surface area (Å²) >= 11 is 0. The summed E-state index contributed by atoms with van der Waals surface area (Å²) in [4.78, 5) is 23.9. The van der Waals surface area contributed by atoms with E-state index in [-0.39, 0.29) is 11.1 Å². The molecule has 0 saturated carbocycles. The van der Waals surface area contributed by atoms with Crippen molar-refractivity contribution in [2.45, 2.75) is 13.2 Å². The molecule has 12 heteroatoms. The summed E-state index contributed by atoms with van der Waals surface area (Å²) in [6, 6.07) is 37.2. The zero-order chi connectivity index (χ0) is 43.9. The highest BCUT2D eigenvalue weighted by molar-refractivity contribution is 6.18. The van der Waals surface area contributed by atoms with E-state index in [2.05, 4.69) is 0 Å². The highest BCUT2D eigenvalue weighted by Gasteiger charge is 2.20. The van der Waals surface area contributed by atoms with Crippen LogP contribution in [0.4, 0.5) is 0 Å². The van der Waals surface area contributed by atoms with Crippen LogP contribution < -0.4 is 37.9 Å². The average molecular weight is 837 g/mol. The van der Waals surface area contributed by atoms with Gasteiger partial charge in [0.05, 0.1) is 53.8 Å². The van der Waals surface area contributed by atoms with E-state index in [1.54, 1.807) is 77.0 Å². The Labute approximate surface area is 357 Å². The molecule has 0 atom stereocenters. The fraction of sp³-hybridized carbons (Fsp3) is 0.160. The van der Waals surface area contributed by atoms with Gasteiger partial charge in [-0.2, -0.15) is 0 Å². The SMILES string of the molecule is COc1cc2c(C(=O)O)cc3cc(OC)c(OCc4ccccc4)cc3c2cc1OC.COc1cc2c(C(=O)O)cc3cc(OC)c(OCc4ccccc4)cc3c2cc1OC. The highest BCUT2D eigenvalue weighted by atomic mass is 16.5. The summed E-state index contributed by atoms with van der Waals surface area (Å²) in [5.41, 5.74) is 2.40. The lowest BCUT2D eigenvalue weighted by Gasteiger charge is -2.16. The van der Waals surface area contributed by atoms with E-state index in [0.717, 1.165) is 43.4 Å². The van der Waals surface area contributed by atoms with Crippen molar-refractivity contribution in [3.8, 4) is 46.0 Å². The summed E-state index contributed by atoms with van der Waals surface area (Å²) in [5, 5.41) is 25.2. The van der Waals surface area contributed by atoms with Crippen molar-refractivity contribution in [1.29, 1.82) is 0 Å². The number of carboxylic acids is 2. The Morgan fingerprint density at radius 3 is 0.968 bits per heavy atom. The van der Waals surface area contributed by atoms with Gasteiger partial charge in [0.1, 0.15) is 13.2 Å². The molecule has 2 N–H and O–H groups in total. The van der Waals surface area contributed by atoms with E-state index in [1.165, 1.54) is 14.2 Å². The Bertz CT molecular complexity index is 2730. The third-order valence-electron chi connectivity index (χ3n) is 10.4. The van der Waals surface area contributed by atoms with E-state index >= 15 is 0 Å². The zero-order valence-electron chi connectivity index (χ0n) is 34.9. The van der Waals surface area contributed by atoms with Crippen molar-refractivity contribution in [3.63, 3.8) is 0 Å². The predicted octanol–water partition coefficient (Wildman–Crippen LogP) is 10.6. The van der Waals surface area contributed by atoms with Crippen LogP contribution in [-0.2, 0) is 13.2 Å². The van der Waals surface area contributed by atoms with Crippen molar-refractivity contribution in [3.05, 3.63) is 144 Å². The number of rotatable bonds is 14. The average Bonchev–Trinajstić information content (AvgIpc) is 3.31. The quantitative estimate of drug-likeness (QED) is 0.100. The van der Waals surface area contributed by atoms with Gasteiger partial charge in [-0.1, -0.05) is 60.7 Å². The second-order valence-corrected chi connectivity index (χ2v) is 14.0. The van der Waals surface area contributed by atoms with E-state index in [9.17, 15) is 19.8 Å². The number of benzene rings is 8. The Balaban J connectivity index is 0.000000186. The van der Waals surface area contributed by atoms with Crippen LogP contribution in [0, 0.1) is 0 Å². The number of hydrogen-bond acceptors (Lipinski definition) is 10. The molecule has 0 fully saturated rings. The van der Waals surface area contributed by atoms with Crippen molar-refractivity contribution >= 4 is 55.0 Å². The molecule has 316 valence electrons. The Kier molecular flexibility index (Phi) is 12.7. The van der Waals surface area contributed by atoms with Gasteiger partial charge < -0.3 is 48.1 Å². The topological polar surface area (TPSA) is 148 Å². The molecule has 8 aromatic rings. The molecular weight excluding hydrogens is 793 g/mol. The van der Waals surface area contributed by atoms with Gasteiger partial charge in [0, 0.05) is 10.8 Å². The van der Waals surface area contributed by atoms with E-state index in [0.29, 0.717) is 70.0 Å². The minimum Gasteiger partial charge on any atom is -0.493 e. The predicted molar refractivity (Wildman–Crippen MR) is 238 cm³/mol. The molecule has 0 aromatic heterocycles. The smallest absolute Gasteiger partial charge is 0.336 e. The maximum absolute atomic E-state index is 12.0. The zero-order valence-corrected chi connectivity index (χ0v) is 34.9. The lowest BCUT2D eigenvalue weighted by molar-refractivity contribution is 0.0688. The van der Waals surface area contributed by atoms with Crippen LogP contribution in [0.2, 0.25) is 0 Å². The second kappa shape index (κ2) is 18.6.